The Balaban J connectivity index is 2.11. The van der Waals surface area contributed by atoms with Crippen molar-refractivity contribution < 1.29 is 4.42 Å². The summed E-state index contributed by atoms with van der Waals surface area (Å²) in [5, 5.41) is 8.02. The van der Waals surface area contributed by atoms with Gasteiger partial charge < -0.3 is 10.2 Å². The monoisotopic (exact) mass is 195 g/mol. The van der Waals surface area contributed by atoms with Gasteiger partial charge in [-0.05, 0) is 18.3 Å². The van der Waals surface area contributed by atoms with Crippen molar-refractivity contribution in [2.75, 3.05) is 0 Å². The molecule has 0 amide bonds. The third kappa shape index (κ3) is 1.54. The molecule has 2 N–H and O–H groups in total. The van der Waals surface area contributed by atoms with Gasteiger partial charge in [-0.3, -0.25) is 0 Å². The molecule has 0 saturated heterocycles. The second-order valence-electron chi connectivity index (χ2n) is 4.74. The largest absolute Gasteiger partial charge is 0.423 e. The zero-order chi connectivity index (χ0) is 10.3. The molecular weight excluding hydrogens is 178 g/mol. The number of nitrogens with zero attached hydrogens (tertiary/aromatic N) is 2. The Morgan fingerprint density at radius 1 is 1.57 bits per heavy atom. The molecule has 2 rings (SSSR count). The topological polar surface area (TPSA) is 64.9 Å². The minimum absolute atomic E-state index is 0.113. The third-order valence-corrected chi connectivity index (χ3v) is 3.02. The lowest BCUT2D eigenvalue weighted by Gasteiger charge is -2.00. The van der Waals surface area contributed by atoms with Crippen LogP contribution in [0.3, 0.4) is 0 Å². The van der Waals surface area contributed by atoms with Gasteiger partial charge in [0.05, 0.1) is 6.04 Å². The summed E-state index contributed by atoms with van der Waals surface area (Å²) in [5.74, 6) is 1.77. The summed E-state index contributed by atoms with van der Waals surface area (Å²) in [6.45, 7) is 6.43. The highest BCUT2D eigenvalue weighted by atomic mass is 16.4. The molecule has 0 bridgehead atoms. The lowest BCUT2D eigenvalue weighted by atomic mass is 10.1. The fraction of sp³-hybridized carbons (Fsp3) is 0.800. The maximum atomic E-state index is 5.80. The van der Waals surface area contributed by atoms with Crippen LogP contribution in [0.4, 0.5) is 0 Å². The van der Waals surface area contributed by atoms with Gasteiger partial charge in [-0.2, -0.15) is 0 Å². The van der Waals surface area contributed by atoms with E-state index in [1.54, 1.807) is 0 Å². The number of nitrogens with two attached hydrogens (primary N) is 1. The zero-order valence-corrected chi connectivity index (χ0v) is 8.95. The van der Waals surface area contributed by atoms with E-state index < -0.39 is 0 Å². The molecule has 1 aromatic heterocycles. The van der Waals surface area contributed by atoms with Crippen LogP contribution in [-0.4, -0.2) is 10.2 Å². The van der Waals surface area contributed by atoms with Gasteiger partial charge in [-0.25, -0.2) is 0 Å². The first-order valence-electron chi connectivity index (χ1n) is 5.13. The van der Waals surface area contributed by atoms with Crippen molar-refractivity contribution in [2.24, 2.45) is 11.1 Å². The summed E-state index contributed by atoms with van der Waals surface area (Å²) >= 11 is 0. The summed E-state index contributed by atoms with van der Waals surface area (Å²) in [7, 11) is 0. The number of rotatable bonds is 3. The van der Waals surface area contributed by atoms with E-state index in [9.17, 15) is 0 Å². The minimum atomic E-state index is -0.113. The third-order valence-electron chi connectivity index (χ3n) is 3.02. The first-order valence-corrected chi connectivity index (χ1v) is 5.13. The van der Waals surface area contributed by atoms with Crippen LogP contribution < -0.4 is 5.73 Å². The molecule has 1 unspecified atom stereocenters. The van der Waals surface area contributed by atoms with Crippen LogP contribution in [0.25, 0.3) is 0 Å². The molecule has 0 aromatic carbocycles. The molecule has 4 nitrogen and oxygen atoms in total. The second kappa shape index (κ2) is 3.05. The number of hydrogen-bond acceptors (Lipinski definition) is 4. The van der Waals surface area contributed by atoms with Crippen LogP contribution in [0, 0.1) is 5.41 Å². The molecule has 1 aromatic rings. The lowest BCUT2D eigenvalue weighted by Crippen LogP contribution is -2.08. The average molecular weight is 195 g/mol. The van der Waals surface area contributed by atoms with Crippen LogP contribution in [0.5, 0.6) is 0 Å². The van der Waals surface area contributed by atoms with Crippen LogP contribution in [0.1, 0.15) is 57.4 Å². The second-order valence-corrected chi connectivity index (χ2v) is 4.74. The summed E-state index contributed by atoms with van der Waals surface area (Å²) in [4.78, 5) is 0. The Morgan fingerprint density at radius 2 is 2.21 bits per heavy atom. The van der Waals surface area contributed by atoms with Crippen molar-refractivity contribution in [3.05, 3.63) is 11.8 Å². The van der Waals surface area contributed by atoms with Gasteiger partial charge in [0, 0.05) is 5.92 Å². The summed E-state index contributed by atoms with van der Waals surface area (Å²) in [5.41, 5.74) is 6.13. The highest BCUT2D eigenvalue weighted by Gasteiger charge is 2.50. The van der Waals surface area contributed by atoms with Crippen molar-refractivity contribution in [1.29, 1.82) is 0 Å². The van der Waals surface area contributed by atoms with Crippen LogP contribution >= 0.6 is 0 Å². The van der Waals surface area contributed by atoms with Crippen molar-refractivity contribution in [1.82, 2.24) is 10.2 Å². The van der Waals surface area contributed by atoms with Gasteiger partial charge in [-0.15, -0.1) is 10.2 Å². The van der Waals surface area contributed by atoms with Crippen LogP contribution in [-0.2, 0) is 0 Å². The molecule has 4 heteroatoms. The van der Waals surface area contributed by atoms with Gasteiger partial charge in [-0.1, -0.05) is 20.8 Å². The normalized spacial score (nSPS) is 26.1. The minimum Gasteiger partial charge on any atom is -0.423 e. The molecule has 1 fully saturated rings. The molecule has 1 saturated carbocycles. The Labute approximate surface area is 83.9 Å². The number of hydrogen-bond donors (Lipinski definition) is 1. The Morgan fingerprint density at radius 3 is 2.71 bits per heavy atom. The summed E-state index contributed by atoms with van der Waals surface area (Å²) < 4.78 is 5.55. The predicted octanol–water partition coefficient (Wildman–Crippen LogP) is 1.99. The maximum absolute atomic E-state index is 5.80. The van der Waals surface area contributed by atoms with E-state index in [1.807, 2.05) is 6.92 Å². The summed E-state index contributed by atoms with van der Waals surface area (Å²) in [6.07, 6.45) is 1.96. The number of aromatic nitrogens is 2. The van der Waals surface area contributed by atoms with Crippen LogP contribution in [0.2, 0.25) is 0 Å². The molecule has 2 atom stereocenters. The fourth-order valence-electron chi connectivity index (χ4n) is 1.60. The molecule has 1 aliphatic rings. The zero-order valence-electron chi connectivity index (χ0n) is 8.95. The standard InChI is InChI=1S/C10H17N3O/c1-4-7(11)9-13-12-8(14-9)6-5-10(6,2)3/h6-7H,4-5,11H2,1-3H3/t6?,7-/m1/s1. The molecule has 0 spiro atoms. The highest BCUT2D eigenvalue weighted by molar-refractivity contribution is 5.12. The van der Waals surface area contributed by atoms with Crippen LogP contribution in [0.15, 0.2) is 4.42 Å². The Hall–Kier alpha value is -0.900. The van der Waals surface area contributed by atoms with Crippen molar-refractivity contribution in [3.8, 4) is 0 Å². The van der Waals surface area contributed by atoms with E-state index in [4.69, 9.17) is 10.2 Å². The highest BCUT2D eigenvalue weighted by Crippen LogP contribution is 2.58. The van der Waals surface area contributed by atoms with E-state index >= 15 is 0 Å². The Kier molecular flexibility index (Phi) is 2.10. The van der Waals surface area contributed by atoms with E-state index in [-0.39, 0.29) is 6.04 Å². The van der Waals surface area contributed by atoms with Gasteiger partial charge >= 0.3 is 0 Å². The first kappa shape index (κ1) is 9.65. The van der Waals surface area contributed by atoms with Gasteiger partial charge in [0.2, 0.25) is 11.8 Å². The van der Waals surface area contributed by atoms with E-state index in [0.717, 1.165) is 18.7 Å². The predicted molar refractivity (Wildman–Crippen MR) is 52.7 cm³/mol. The molecule has 0 aliphatic heterocycles. The Bertz CT molecular complexity index is 332. The quantitative estimate of drug-likeness (QED) is 0.801. The average Bonchev–Trinajstić information content (AvgIpc) is 2.64. The lowest BCUT2D eigenvalue weighted by molar-refractivity contribution is 0.402. The smallest absolute Gasteiger partial charge is 0.233 e. The maximum Gasteiger partial charge on any atom is 0.233 e. The van der Waals surface area contributed by atoms with Crippen molar-refractivity contribution in [3.63, 3.8) is 0 Å². The van der Waals surface area contributed by atoms with Crippen molar-refractivity contribution in [2.45, 2.75) is 45.6 Å². The van der Waals surface area contributed by atoms with E-state index in [1.165, 1.54) is 0 Å². The summed E-state index contributed by atoms with van der Waals surface area (Å²) in [6, 6.07) is -0.113. The molecule has 0 radical (unpaired) electrons. The first-order chi connectivity index (χ1) is 6.54. The van der Waals surface area contributed by atoms with Gasteiger partial charge in [0.15, 0.2) is 0 Å². The van der Waals surface area contributed by atoms with E-state index in [0.29, 0.717) is 17.2 Å². The molecular formula is C10H17N3O. The SMILES string of the molecule is CC[C@@H](N)c1nnc(C2CC2(C)C)o1. The fourth-order valence-corrected chi connectivity index (χ4v) is 1.60. The van der Waals surface area contributed by atoms with Gasteiger partial charge in [0.25, 0.3) is 0 Å². The molecule has 78 valence electrons. The molecule has 14 heavy (non-hydrogen) atoms. The molecule has 1 heterocycles. The van der Waals surface area contributed by atoms with Gasteiger partial charge in [0.1, 0.15) is 0 Å². The van der Waals surface area contributed by atoms with E-state index in [2.05, 4.69) is 24.0 Å². The van der Waals surface area contributed by atoms with Crippen molar-refractivity contribution >= 4 is 0 Å². The molecule has 1 aliphatic carbocycles.